The summed E-state index contributed by atoms with van der Waals surface area (Å²) in [5.41, 5.74) is 4.54. The summed E-state index contributed by atoms with van der Waals surface area (Å²) in [4.78, 5) is 4.12. The van der Waals surface area contributed by atoms with Crippen molar-refractivity contribution in [3.63, 3.8) is 0 Å². The Bertz CT molecular complexity index is 533. The average Bonchev–Trinajstić information content (AvgIpc) is 2.42. The number of hydrogen-bond donors (Lipinski definition) is 2. The van der Waals surface area contributed by atoms with Crippen LogP contribution in [0.2, 0.25) is 5.02 Å². The highest BCUT2D eigenvalue weighted by molar-refractivity contribution is 6.31. The van der Waals surface area contributed by atoms with Gasteiger partial charge < -0.3 is 4.74 Å². The summed E-state index contributed by atoms with van der Waals surface area (Å²) in [6, 6.07) is 9.20. The van der Waals surface area contributed by atoms with Crippen molar-refractivity contribution in [3.8, 4) is 5.75 Å². The molecule has 5 heteroatoms. The SMILES string of the molecule is COc1cncc(C(NN)c2ccccc2Cl)c1. The standard InChI is InChI=1S/C13H14ClN3O/c1-18-10-6-9(7-16-8-10)13(17-15)11-4-2-3-5-12(11)14/h2-8,13,17H,15H2,1H3. The fourth-order valence-electron chi connectivity index (χ4n) is 1.78. The first-order valence-electron chi connectivity index (χ1n) is 5.45. The van der Waals surface area contributed by atoms with Gasteiger partial charge in [0.2, 0.25) is 0 Å². The van der Waals surface area contributed by atoms with Gasteiger partial charge in [-0.3, -0.25) is 10.8 Å². The number of nitrogens with zero attached hydrogens (tertiary/aromatic N) is 1. The number of aromatic nitrogens is 1. The van der Waals surface area contributed by atoms with Crippen LogP contribution in [-0.4, -0.2) is 12.1 Å². The molecule has 94 valence electrons. The lowest BCUT2D eigenvalue weighted by Crippen LogP contribution is -2.29. The summed E-state index contributed by atoms with van der Waals surface area (Å²) in [5.74, 6) is 6.30. The molecule has 3 N–H and O–H groups in total. The van der Waals surface area contributed by atoms with E-state index >= 15 is 0 Å². The lowest BCUT2D eigenvalue weighted by molar-refractivity contribution is 0.411. The zero-order valence-electron chi connectivity index (χ0n) is 9.93. The van der Waals surface area contributed by atoms with Gasteiger partial charge in [-0.2, -0.15) is 0 Å². The number of hydrazine groups is 1. The molecule has 2 rings (SSSR count). The Balaban J connectivity index is 2.42. The van der Waals surface area contributed by atoms with Crippen molar-refractivity contribution in [1.29, 1.82) is 0 Å². The Morgan fingerprint density at radius 2 is 2.11 bits per heavy atom. The van der Waals surface area contributed by atoms with E-state index < -0.39 is 0 Å². The van der Waals surface area contributed by atoms with Crippen molar-refractivity contribution in [3.05, 3.63) is 58.9 Å². The Labute approximate surface area is 111 Å². The van der Waals surface area contributed by atoms with Gasteiger partial charge in [0.1, 0.15) is 5.75 Å². The van der Waals surface area contributed by atoms with Gasteiger partial charge in [0, 0.05) is 11.2 Å². The zero-order chi connectivity index (χ0) is 13.0. The summed E-state index contributed by atoms with van der Waals surface area (Å²) in [6.07, 6.45) is 3.38. The number of ether oxygens (including phenoxy) is 1. The third-order valence-corrected chi connectivity index (χ3v) is 3.03. The predicted molar refractivity (Wildman–Crippen MR) is 71.4 cm³/mol. The molecule has 0 fully saturated rings. The maximum Gasteiger partial charge on any atom is 0.137 e. The summed E-state index contributed by atoms with van der Waals surface area (Å²) < 4.78 is 5.15. The van der Waals surface area contributed by atoms with Gasteiger partial charge in [0.15, 0.2) is 0 Å². The molecule has 0 aliphatic heterocycles. The number of pyridine rings is 1. The molecule has 1 aromatic carbocycles. The van der Waals surface area contributed by atoms with Crippen molar-refractivity contribution < 1.29 is 4.74 Å². The molecule has 0 saturated heterocycles. The molecule has 0 saturated carbocycles. The largest absolute Gasteiger partial charge is 0.495 e. The minimum atomic E-state index is -0.221. The Hall–Kier alpha value is -1.62. The quantitative estimate of drug-likeness (QED) is 0.656. The molecular weight excluding hydrogens is 250 g/mol. The first-order chi connectivity index (χ1) is 8.76. The minimum absolute atomic E-state index is 0.221. The highest BCUT2D eigenvalue weighted by Gasteiger charge is 2.16. The normalized spacial score (nSPS) is 12.2. The summed E-state index contributed by atoms with van der Waals surface area (Å²) in [6.45, 7) is 0. The van der Waals surface area contributed by atoms with Gasteiger partial charge in [-0.05, 0) is 23.3 Å². The Kier molecular flexibility index (Phi) is 4.15. The van der Waals surface area contributed by atoms with E-state index in [0.717, 1.165) is 11.1 Å². The van der Waals surface area contributed by atoms with E-state index in [4.69, 9.17) is 22.2 Å². The smallest absolute Gasteiger partial charge is 0.137 e. The lowest BCUT2D eigenvalue weighted by atomic mass is 10.0. The van der Waals surface area contributed by atoms with Crippen LogP contribution in [0.15, 0.2) is 42.7 Å². The molecule has 0 aliphatic carbocycles. The summed E-state index contributed by atoms with van der Waals surface area (Å²) in [7, 11) is 1.60. The van der Waals surface area contributed by atoms with Crippen LogP contribution in [0.1, 0.15) is 17.2 Å². The van der Waals surface area contributed by atoms with Gasteiger partial charge in [0.25, 0.3) is 0 Å². The number of hydrogen-bond acceptors (Lipinski definition) is 4. The first kappa shape index (κ1) is 12.8. The maximum atomic E-state index is 6.17. The molecule has 18 heavy (non-hydrogen) atoms. The van der Waals surface area contributed by atoms with Gasteiger partial charge >= 0.3 is 0 Å². The van der Waals surface area contributed by atoms with E-state index in [1.165, 1.54) is 0 Å². The van der Waals surface area contributed by atoms with Gasteiger partial charge in [-0.25, -0.2) is 5.43 Å². The van der Waals surface area contributed by atoms with Gasteiger partial charge in [0.05, 0.1) is 19.3 Å². The minimum Gasteiger partial charge on any atom is -0.495 e. The molecule has 0 amide bonds. The molecule has 0 spiro atoms. The topological polar surface area (TPSA) is 60.2 Å². The van der Waals surface area contributed by atoms with Crippen LogP contribution in [0.5, 0.6) is 5.75 Å². The van der Waals surface area contributed by atoms with Crippen LogP contribution in [0, 0.1) is 0 Å². The molecule has 1 atom stereocenters. The molecule has 1 unspecified atom stereocenters. The number of nitrogens with one attached hydrogen (secondary N) is 1. The van der Waals surface area contributed by atoms with Crippen LogP contribution in [0.3, 0.4) is 0 Å². The van der Waals surface area contributed by atoms with Crippen LogP contribution in [0.25, 0.3) is 0 Å². The van der Waals surface area contributed by atoms with E-state index in [1.807, 2.05) is 30.3 Å². The number of methoxy groups -OCH3 is 1. The number of rotatable bonds is 4. The molecule has 0 aliphatic rings. The van der Waals surface area contributed by atoms with Crippen LogP contribution < -0.4 is 16.0 Å². The maximum absolute atomic E-state index is 6.17. The zero-order valence-corrected chi connectivity index (χ0v) is 10.7. The number of nitrogens with two attached hydrogens (primary N) is 1. The van der Waals surface area contributed by atoms with E-state index in [2.05, 4.69) is 10.4 Å². The predicted octanol–water partition coefficient (Wildman–Crippen LogP) is 2.30. The van der Waals surface area contributed by atoms with E-state index in [1.54, 1.807) is 19.5 Å². The van der Waals surface area contributed by atoms with Crippen molar-refractivity contribution in [2.45, 2.75) is 6.04 Å². The second-order valence-corrected chi connectivity index (χ2v) is 4.19. The molecule has 0 radical (unpaired) electrons. The highest BCUT2D eigenvalue weighted by atomic mass is 35.5. The third kappa shape index (κ3) is 2.61. The van der Waals surface area contributed by atoms with Crippen molar-refractivity contribution in [1.82, 2.24) is 10.4 Å². The Morgan fingerprint density at radius 1 is 1.33 bits per heavy atom. The van der Waals surface area contributed by atoms with Crippen molar-refractivity contribution in [2.75, 3.05) is 7.11 Å². The second-order valence-electron chi connectivity index (χ2n) is 3.78. The molecule has 1 aromatic heterocycles. The average molecular weight is 264 g/mol. The van der Waals surface area contributed by atoms with E-state index in [-0.39, 0.29) is 6.04 Å². The van der Waals surface area contributed by atoms with E-state index in [0.29, 0.717) is 10.8 Å². The fourth-order valence-corrected chi connectivity index (χ4v) is 2.02. The van der Waals surface area contributed by atoms with E-state index in [9.17, 15) is 0 Å². The van der Waals surface area contributed by atoms with Crippen LogP contribution in [-0.2, 0) is 0 Å². The molecular formula is C13H14ClN3O. The third-order valence-electron chi connectivity index (χ3n) is 2.69. The first-order valence-corrected chi connectivity index (χ1v) is 5.83. The second kappa shape index (κ2) is 5.82. The molecule has 0 bridgehead atoms. The van der Waals surface area contributed by atoms with Crippen molar-refractivity contribution in [2.24, 2.45) is 5.84 Å². The molecule has 1 heterocycles. The number of benzene rings is 1. The molecule has 4 nitrogen and oxygen atoms in total. The van der Waals surface area contributed by atoms with Gasteiger partial charge in [-0.1, -0.05) is 29.8 Å². The summed E-state index contributed by atoms with van der Waals surface area (Å²) >= 11 is 6.17. The fraction of sp³-hybridized carbons (Fsp3) is 0.154. The summed E-state index contributed by atoms with van der Waals surface area (Å²) in [5, 5.41) is 0.656. The lowest BCUT2D eigenvalue weighted by Gasteiger charge is -2.18. The Morgan fingerprint density at radius 3 is 2.78 bits per heavy atom. The molecule has 2 aromatic rings. The van der Waals surface area contributed by atoms with Crippen molar-refractivity contribution >= 4 is 11.6 Å². The van der Waals surface area contributed by atoms with Crippen LogP contribution in [0.4, 0.5) is 0 Å². The highest BCUT2D eigenvalue weighted by Crippen LogP contribution is 2.28. The van der Waals surface area contributed by atoms with Gasteiger partial charge in [-0.15, -0.1) is 0 Å². The monoisotopic (exact) mass is 263 g/mol. The number of halogens is 1. The van der Waals surface area contributed by atoms with Crippen LogP contribution >= 0.6 is 11.6 Å².